The van der Waals surface area contributed by atoms with Crippen LogP contribution >= 0.6 is 0 Å². The van der Waals surface area contributed by atoms with E-state index >= 15 is 0 Å². The summed E-state index contributed by atoms with van der Waals surface area (Å²) in [6.07, 6.45) is -29.3. The molecule has 0 aliphatic rings. The first-order valence-corrected chi connectivity index (χ1v) is 40.6. The Kier molecular flexibility index (Phi) is 65.1. The molecule has 0 aromatic heterocycles. The number of aliphatic hydroxyl groups excluding tert-OH is 23. The summed E-state index contributed by atoms with van der Waals surface area (Å²) >= 11 is 0. The molecule has 1 rings (SSSR count). The number of hydrogen-bond acceptors (Lipinski definition) is 42. The zero-order valence-corrected chi connectivity index (χ0v) is 70.4. The summed E-state index contributed by atoms with van der Waals surface area (Å²) in [4.78, 5) is 77.8. The predicted molar refractivity (Wildman–Crippen MR) is 429 cm³/mol. The molecule has 1 aromatic rings. The molecular weight excluding hydrogens is 1670 g/mol. The van der Waals surface area contributed by atoms with Crippen molar-refractivity contribution in [3.8, 4) is 0 Å². The lowest BCUT2D eigenvalue weighted by atomic mass is 10.0. The summed E-state index contributed by atoms with van der Waals surface area (Å²) in [5.41, 5.74) is 6.21. The number of unbranched alkanes of at least 4 members (excludes halogenated alkanes) is 1. The molecule has 12 unspecified atom stereocenters. The van der Waals surface area contributed by atoms with Crippen LogP contribution in [0.5, 0.6) is 0 Å². The van der Waals surface area contributed by atoms with Gasteiger partial charge in [0.05, 0.1) is 183 Å². The van der Waals surface area contributed by atoms with Crippen molar-refractivity contribution in [2.75, 3.05) is 210 Å². The first-order chi connectivity index (χ1) is 58.9. The van der Waals surface area contributed by atoms with Crippen LogP contribution in [-0.4, -0.2) is 503 Å². The van der Waals surface area contributed by atoms with Crippen LogP contribution in [0.1, 0.15) is 51.5 Å². The Bertz CT molecular complexity index is 2880. The number of nitrogens with two attached hydrogens (primary N) is 1. The van der Waals surface area contributed by atoms with Gasteiger partial charge in [-0.05, 0) is 62.8 Å². The second-order valence-electron chi connectivity index (χ2n) is 29.8. The normalized spacial score (nSPS) is 17.6. The molecule has 49 heteroatoms. The number of amides is 7. The molecule has 23 atom stereocenters. The Morgan fingerprint density at radius 1 is 0.355 bits per heavy atom. The van der Waals surface area contributed by atoms with Gasteiger partial charge >= 0.3 is 6.03 Å². The van der Waals surface area contributed by atoms with Crippen molar-refractivity contribution in [2.45, 2.75) is 193 Å². The highest BCUT2D eigenvalue weighted by molar-refractivity contribution is 5.98. The van der Waals surface area contributed by atoms with Crippen molar-refractivity contribution < 1.29 is 198 Å². The third-order valence-corrected chi connectivity index (χ3v) is 17.8. The molecular formula is C75H141N9O40. The maximum Gasteiger partial charge on any atom is 0.312 e. The van der Waals surface area contributed by atoms with E-state index in [1.165, 1.54) is 0 Å². The number of ether oxygens (including phenoxy) is 11. The maximum absolute atomic E-state index is 13.6. The highest BCUT2D eigenvalue weighted by atomic mass is 16.6. The number of carbonyl (C=O) groups is 6. The van der Waals surface area contributed by atoms with E-state index in [1.54, 1.807) is 45.2 Å². The molecule has 0 bridgehead atoms. The number of likely N-dealkylation sites (N-methyl/N-ethyl adjacent to an activating group) is 1. The van der Waals surface area contributed by atoms with Gasteiger partial charge in [0.25, 0.3) is 11.8 Å². The molecule has 124 heavy (non-hydrogen) atoms. The minimum absolute atomic E-state index is 0.114. The van der Waals surface area contributed by atoms with Crippen LogP contribution in [0, 0.1) is 5.92 Å². The number of primary amides is 1. The van der Waals surface area contributed by atoms with Gasteiger partial charge in [0, 0.05) is 45.0 Å². The fourth-order valence-electron chi connectivity index (χ4n) is 10.9. The third-order valence-electron chi connectivity index (χ3n) is 17.8. The quantitative estimate of drug-likeness (QED) is 0.0269. The average Bonchev–Trinajstić information content (AvgIpc) is 0.912. The number of carbonyl (C=O) groups excluding carboxylic acids is 6. The minimum atomic E-state index is -2.04. The number of rotatable bonds is 79. The second kappa shape index (κ2) is 69.4. The first kappa shape index (κ1) is 116. The zero-order chi connectivity index (χ0) is 93.1. The Balaban J connectivity index is 2.18. The van der Waals surface area contributed by atoms with E-state index in [-0.39, 0.29) is 171 Å². The fraction of sp³-hybridized carbons (Fsp3) is 0.840. The molecule has 0 aliphatic heterocycles. The number of nitrogens with one attached hydrogen (secondary N) is 7. The second-order valence-corrected chi connectivity index (χ2v) is 29.8. The van der Waals surface area contributed by atoms with Gasteiger partial charge in [0.1, 0.15) is 110 Å². The van der Waals surface area contributed by atoms with E-state index < -0.39 is 228 Å². The zero-order valence-electron chi connectivity index (χ0n) is 70.4. The molecule has 0 heterocycles. The Labute approximate surface area is 718 Å². The molecule has 49 nitrogen and oxygen atoms in total. The van der Waals surface area contributed by atoms with E-state index in [4.69, 9.17) is 68.1 Å². The highest BCUT2D eigenvalue weighted by Crippen LogP contribution is 2.16. The summed E-state index contributed by atoms with van der Waals surface area (Å²) in [5.74, 6) is -3.79. The number of aliphatic hydroxyl groups is 23. The van der Waals surface area contributed by atoms with Gasteiger partial charge < -0.3 is 213 Å². The van der Waals surface area contributed by atoms with E-state index in [1.807, 2.05) is 0 Å². The van der Waals surface area contributed by atoms with Crippen LogP contribution in [0.2, 0.25) is 0 Å². The monoisotopic (exact) mass is 1810 g/mol. The van der Waals surface area contributed by atoms with E-state index in [9.17, 15) is 136 Å². The van der Waals surface area contributed by atoms with Crippen LogP contribution in [0.3, 0.4) is 0 Å². The molecule has 0 radical (unpaired) electrons. The van der Waals surface area contributed by atoms with Gasteiger partial charge in [0.15, 0.2) is 12.2 Å². The van der Waals surface area contributed by atoms with Crippen molar-refractivity contribution >= 4 is 41.3 Å². The number of nitrogens with zero attached hydrogens (tertiary/aromatic N) is 1. The van der Waals surface area contributed by atoms with Crippen molar-refractivity contribution in [3.63, 3.8) is 0 Å². The van der Waals surface area contributed by atoms with Crippen LogP contribution in [0.4, 0.5) is 10.5 Å². The maximum atomic E-state index is 13.6. The number of hydrogen-bond donors (Lipinski definition) is 31. The fourth-order valence-corrected chi connectivity index (χ4v) is 10.9. The highest BCUT2D eigenvalue weighted by Gasteiger charge is 2.36. The van der Waals surface area contributed by atoms with E-state index in [0.717, 1.165) is 4.90 Å². The van der Waals surface area contributed by atoms with Crippen molar-refractivity contribution in [1.82, 2.24) is 36.8 Å². The molecule has 0 saturated heterocycles. The lowest BCUT2D eigenvalue weighted by Crippen LogP contribution is -2.57. The molecule has 32 N–H and O–H groups in total. The lowest BCUT2D eigenvalue weighted by molar-refractivity contribution is -0.135. The number of urea groups is 1. The lowest BCUT2D eigenvalue weighted by Gasteiger charge is -2.33. The number of anilines is 1. The topological polar surface area (TPSA) is 783 Å². The van der Waals surface area contributed by atoms with Crippen LogP contribution in [-0.2, 0) is 82.7 Å². The molecule has 7 amide bonds. The summed E-state index contributed by atoms with van der Waals surface area (Å²) < 4.78 is 57.9. The molecule has 0 fully saturated rings. The SMILES string of the molecule is CN[C@@H](CCCCNC(=O)C(O)COCC(O)COCC(O)COCC(O)COCC(O)COCC(O)COCC(O)COCC(O)COCC(O)COCC(O)COCC(O)COCC(O)C(=O)NCCN(C[C@H](O)[C@@H](O)[C@H](O)[C@H](O)CO)C[C@H](O)[C@@H](O)[C@H](O)[C@H](O)CO)C(=O)N[C@H](C(=O)N[C@@H](CCCNC(N)=O)C(=O)Nc1ccc(CO)cc1)C(C)C. The smallest absolute Gasteiger partial charge is 0.312 e. The van der Waals surface area contributed by atoms with Gasteiger partial charge in [-0.2, -0.15) is 0 Å². The van der Waals surface area contributed by atoms with Gasteiger partial charge in [-0.15, -0.1) is 0 Å². The molecule has 0 spiro atoms. The van der Waals surface area contributed by atoms with Crippen molar-refractivity contribution in [1.29, 1.82) is 0 Å². The summed E-state index contributed by atoms with van der Waals surface area (Å²) in [6, 6.07) is 2.83. The van der Waals surface area contributed by atoms with E-state index in [0.29, 0.717) is 30.5 Å². The molecule has 1 aromatic carbocycles. The average molecular weight is 1810 g/mol. The molecule has 0 aliphatic carbocycles. The van der Waals surface area contributed by atoms with Gasteiger partial charge in [-0.1, -0.05) is 26.0 Å². The predicted octanol–water partition coefficient (Wildman–Crippen LogP) is -15.1. The minimum Gasteiger partial charge on any atom is -0.394 e. The number of benzene rings is 1. The third kappa shape index (κ3) is 55.3. The van der Waals surface area contributed by atoms with Crippen LogP contribution in [0.25, 0.3) is 0 Å². The Morgan fingerprint density at radius 3 is 0.968 bits per heavy atom. The van der Waals surface area contributed by atoms with Crippen LogP contribution < -0.4 is 43.0 Å². The van der Waals surface area contributed by atoms with Gasteiger partial charge in [-0.25, -0.2) is 4.79 Å². The summed E-state index contributed by atoms with van der Waals surface area (Å²) in [5, 5.41) is 249. The van der Waals surface area contributed by atoms with E-state index in [2.05, 4.69) is 37.2 Å². The van der Waals surface area contributed by atoms with Crippen LogP contribution in [0.15, 0.2) is 24.3 Å². The Morgan fingerprint density at radius 2 is 0.661 bits per heavy atom. The first-order valence-electron chi connectivity index (χ1n) is 40.6. The Hall–Kier alpha value is -5.60. The van der Waals surface area contributed by atoms with Gasteiger partial charge in [-0.3, -0.25) is 28.9 Å². The standard InChI is InChI=1S/C75H141N9O40/c1-44(2)65(74(112)82-58(8-6-14-80-75(76)113)71(109)81-46-11-9-45(19-85)10-12-46)83-70(108)57(77-3)7-4-5-13-78-72(110)63(102)42-123-40-55(96)38-121-36-53(94)34-119-32-51(92)30-117-28-49(90)26-115-24-47(88)22-114-23-48(89)25-116-27-50(91)29-118-31-52(93)33-120-35-54(95)37-122-39-56(97)41-124-43-64(103)73(111)79-15-16-84(17-59(98)66(104)68(106)61(100)20-86)18-60(99)67(105)69(107)62(101)21-87/h9-12,44,47-69,77,85-107H,4-8,13-43H2,1-3H3,(H,78,110)(H,79,111)(H,81,109)(H,82,112)(H,83,108)(H3,76,80,113)/t47?,48?,49?,50?,51?,52?,53?,54?,55?,56?,57-,58-,59-,60-,61+,62+,63?,64?,65-,66+,67+,68+,69+/m0/s1. The summed E-state index contributed by atoms with van der Waals surface area (Å²) in [7, 11) is 1.57. The summed E-state index contributed by atoms with van der Waals surface area (Å²) in [6.45, 7) is -7.24. The molecule has 726 valence electrons. The van der Waals surface area contributed by atoms with Crippen molar-refractivity contribution in [3.05, 3.63) is 29.8 Å². The largest absolute Gasteiger partial charge is 0.394 e. The van der Waals surface area contributed by atoms with Gasteiger partial charge in [0.2, 0.25) is 17.7 Å². The van der Waals surface area contributed by atoms with Crippen molar-refractivity contribution in [2.24, 2.45) is 11.7 Å². The molecule has 0 saturated carbocycles.